The molecule has 2 aliphatic heterocycles. The number of hydrogen-bond donors (Lipinski definition) is 0. The largest absolute Gasteiger partial charge is 0.493 e. The fourth-order valence-corrected chi connectivity index (χ4v) is 4.76. The molecule has 3 aliphatic rings. The topological polar surface area (TPSA) is 36.9 Å². The summed E-state index contributed by atoms with van der Waals surface area (Å²) < 4.78 is 23.8. The minimum absolute atomic E-state index is 0.288. The Kier molecular flexibility index (Phi) is 3.23. The molecular formula is C21H24NO4+. The minimum atomic E-state index is 0.288. The van der Waals surface area contributed by atoms with Gasteiger partial charge in [0.05, 0.1) is 34.9 Å². The smallest absolute Gasteiger partial charge is 0.231 e. The van der Waals surface area contributed by atoms with Crippen LogP contribution in [0.1, 0.15) is 22.7 Å². The van der Waals surface area contributed by atoms with E-state index in [9.17, 15) is 0 Å². The summed E-state index contributed by atoms with van der Waals surface area (Å²) in [5, 5.41) is 0. The molecule has 0 bridgehead atoms. The van der Waals surface area contributed by atoms with Crippen molar-refractivity contribution in [2.24, 2.45) is 0 Å². The van der Waals surface area contributed by atoms with E-state index >= 15 is 0 Å². The Morgan fingerprint density at radius 2 is 1.77 bits per heavy atom. The lowest BCUT2D eigenvalue weighted by atomic mass is 9.75. The van der Waals surface area contributed by atoms with Gasteiger partial charge in [0, 0.05) is 24.0 Å². The van der Waals surface area contributed by atoms with Crippen molar-refractivity contribution in [3.8, 4) is 34.1 Å². The molecule has 0 aromatic heterocycles. The Balaban J connectivity index is 1.85. The van der Waals surface area contributed by atoms with Crippen LogP contribution in [0.3, 0.4) is 0 Å². The van der Waals surface area contributed by atoms with Crippen molar-refractivity contribution in [2.45, 2.75) is 18.9 Å². The van der Waals surface area contributed by atoms with Gasteiger partial charge >= 0.3 is 0 Å². The second-order valence-corrected chi connectivity index (χ2v) is 7.89. The molecule has 5 heteroatoms. The van der Waals surface area contributed by atoms with Crippen LogP contribution < -0.4 is 18.9 Å². The number of rotatable bonds is 2. The molecule has 26 heavy (non-hydrogen) atoms. The van der Waals surface area contributed by atoms with Crippen LogP contribution in [0.2, 0.25) is 0 Å². The summed E-state index contributed by atoms with van der Waals surface area (Å²) in [5.74, 6) is 3.27. The van der Waals surface area contributed by atoms with Crippen LogP contribution in [0.25, 0.3) is 11.1 Å². The molecule has 1 aliphatic carbocycles. The van der Waals surface area contributed by atoms with E-state index in [0.717, 1.165) is 46.9 Å². The van der Waals surface area contributed by atoms with E-state index in [2.05, 4.69) is 32.3 Å². The maximum atomic E-state index is 5.92. The van der Waals surface area contributed by atoms with Gasteiger partial charge < -0.3 is 23.4 Å². The third kappa shape index (κ3) is 2.01. The zero-order chi connectivity index (χ0) is 18.1. The number of ether oxygens (including phenoxy) is 4. The van der Waals surface area contributed by atoms with Crippen molar-refractivity contribution in [3.63, 3.8) is 0 Å². The predicted octanol–water partition coefficient (Wildman–Crippen LogP) is 3.33. The third-order valence-corrected chi connectivity index (χ3v) is 6.22. The van der Waals surface area contributed by atoms with Gasteiger partial charge in [-0.05, 0) is 34.9 Å². The molecule has 0 saturated carbocycles. The number of quaternary nitrogens is 1. The second kappa shape index (κ2) is 5.30. The van der Waals surface area contributed by atoms with Crippen molar-refractivity contribution < 1.29 is 23.4 Å². The molecule has 136 valence electrons. The summed E-state index contributed by atoms with van der Waals surface area (Å²) >= 11 is 0. The molecule has 0 unspecified atom stereocenters. The summed E-state index contributed by atoms with van der Waals surface area (Å²) in [4.78, 5) is 0. The number of methoxy groups -OCH3 is 2. The van der Waals surface area contributed by atoms with Crippen molar-refractivity contribution >= 4 is 0 Å². The lowest BCUT2D eigenvalue weighted by molar-refractivity contribution is -0.923. The van der Waals surface area contributed by atoms with Gasteiger partial charge in [-0.1, -0.05) is 0 Å². The Morgan fingerprint density at radius 1 is 1.00 bits per heavy atom. The van der Waals surface area contributed by atoms with E-state index < -0.39 is 0 Å². The van der Waals surface area contributed by atoms with Crippen LogP contribution in [-0.2, 0) is 12.8 Å². The Hall–Kier alpha value is -2.40. The third-order valence-electron chi connectivity index (χ3n) is 6.22. The van der Waals surface area contributed by atoms with Gasteiger partial charge in [0.1, 0.15) is 6.04 Å². The minimum Gasteiger partial charge on any atom is -0.493 e. The van der Waals surface area contributed by atoms with E-state index in [4.69, 9.17) is 18.9 Å². The van der Waals surface area contributed by atoms with Crippen molar-refractivity contribution in [1.29, 1.82) is 0 Å². The van der Waals surface area contributed by atoms with Crippen LogP contribution in [0.5, 0.6) is 23.0 Å². The van der Waals surface area contributed by atoms with Crippen LogP contribution in [0.15, 0.2) is 18.2 Å². The van der Waals surface area contributed by atoms with Gasteiger partial charge in [-0.25, -0.2) is 0 Å². The highest BCUT2D eigenvalue weighted by Crippen LogP contribution is 2.56. The van der Waals surface area contributed by atoms with E-state index in [-0.39, 0.29) is 6.79 Å². The molecule has 0 radical (unpaired) electrons. The molecule has 0 spiro atoms. The molecule has 1 atom stereocenters. The van der Waals surface area contributed by atoms with Crippen LogP contribution in [0, 0.1) is 0 Å². The van der Waals surface area contributed by atoms with Gasteiger partial charge in [0.15, 0.2) is 23.0 Å². The van der Waals surface area contributed by atoms with Crippen LogP contribution in [-0.4, -0.2) is 46.1 Å². The maximum absolute atomic E-state index is 5.92. The molecule has 0 N–H and O–H groups in total. The van der Waals surface area contributed by atoms with Gasteiger partial charge in [-0.2, -0.15) is 0 Å². The second-order valence-electron chi connectivity index (χ2n) is 7.89. The molecule has 5 nitrogen and oxygen atoms in total. The summed E-state index contributed by atoms with van der Waals surface area (Å²) in [6, 6.07) is 6.82. The zero-order valence-corrected chi connectivity index (χ0v) is 15.7. The number of hydrogen-bond acceptors (Lipinski definition) is 4. The monoisotopic (exact) mass is 354 g/mol. The summed E-state index contributed by atoms with van der Waals surface area (Å²) in [7, 11) is 8.02. The average Bonchev–Trinajstić information content (AvgIpc) is 3.11. The number of fused-ring (bicyclic) bond motifs is 4. The van der Waals surface area contributed by atoms with E-state index in [1.54, 1.807) is 14.2 Å². The van der Waals surface area contributed by atoms with Gasteiger partial charge in [0.25, 0.3) is 0 Å². The highest BCUT2D eigenvalue weighted by Gasteiger charge is 2.44. The number of benzene rings is 2. The summed E-state index contributed by atoms with van der Waals surface area (Å²) in [6.45, 7) is 1.41. The maximum Gasteiger partial charge on any atom is 0.231 e. The van der Waals surface area contributed by atoms with Gasteiger partial charge in [-0.3, -0.25) is 0 Å². The highest BCUT2D eigenvalue weighted by molar-refractivity contribution is 5.85. The predicted molar refractivity (Wildman–Crippen MR) is 98.2 cm³/mol. The fraction of sp³-hybridized carbons (Fsp3) is 0.429. The van der Waals surface area contributed by atoms with Crippen molar-refractivity contribution in [2.75, 3.05) is 41.7 Å². The quantitative estimate of drug-likeness (QED) is 0.775. The van der Waals surface area contributed by atoms with E-state index in [1.807, 2.05) is 0 Å². The number of nitrogens with zero attached hydrogens (tertiary/aromatic N) is 1. The molecule has 2 aromatic rings. The standard InChI is InChI=1S/C21H24NO4/c1-22(2)6-5-12-8-18-21(26-11-25-18)20-14-10-17(24-4)16(23-3)9-13(14)7-15(22)19(12)20/h8-10,15H,5-7,11H2,1-4H3/q+1/t15-/m0/s1. The first-order chi connectivity index (χ1) is 12.5. The zero-order valence-electron chi connectivity index (χ0n) is 15.7. The fourth-order valence-electron chi connectivity index (χ4n) is 4.76. The molecule has 0 fully saturated rings. The Labute approximate surface area is 153 Å². The Morgan fingerprint density at radius 3 is 2.54 bits per heavy atom. The lowest BCUT2D eigenvalue weighted by Crippen LogP contribution is -2.49. The average molecular weight is 354 g/mol. The first-order valence-electron chi connectivity index (χ1n) is 9.07. The first-order valence-corrected chi connectivity index (χ1v) is 9.07. The van der Waals surface area contributed by atoms with Crippen LogP contribution >= 0.6 is 0 Å². The molecular weight excluding hydrogens is 330 g/mol. The van der Waals surface area contributed by atoms with Crippen molar-refractivity contribution in [1.82, 2.24) is 0 Å². The SMILES string of the molecule is COc1cc2c(cc1OC)-c1c3c(cc4c1[C@H](C2)[N+](C)(C)CC4)OCO3. The lowest BCUT2D eigenvalue weighted by Gasteiger charge is -2.46. The first kappa shape index (κ1) is 15.8. The molecule has 2 heterocycles. The van der Waals surface area contributed by atoms with Gasteiger partial charge in [0.2, 0.25) is 6.79 Å². The van der Waals surface area contributed by atoms with E-state index in [1.165, 1.54) is 27.8 Å². The van der Waals surface area contributed by atoms with E-state index in [0.29, 0.717) is 6.04 Å². The normalized spacial score (nSPS) is 21.0. The Bertz CT molecular complexity index is 919. The molecule has 0 saturated heterocycles. The van der Waals surface area contributed by atoms with Crippen molar-refractivity contribution in [3.05, 3.63) is 34.9 Å². The summed E-state index contributed by atoms with van der Waals surface area (Å²) in [5.41, 5.74) is 6.47. The molecule has 2 aromatic carbocycles. The number of likely N-dealkylation sites (N-methyl/N-ethyl adjacent to an activating group) is 1. The highest BCUT2D eigenvalue weighted by atomic mass is 16.7. The molecule has 5 rings (SSSR count). The molecule has 0 amide bonds. The van der Waals surface area contributed by atoms with Gasteiger partial charge in [-0.15, -0.1) is 0 Å². The summed E-state index contributed by atoms with van der Waals surface area (Å²) in [6.07, 6.45) is 2.05. The van der Waals surface area contributed by atoms with Crippen LogP contribution in [0.4, 0.5) is 0 Å².